The standard InChI is InChI=1S/C23H22ClFN2/c24-20-8-4-17(5-9-20)18-12-14-27(15-13-18)16-22-2-1-3-23(26-22)19-6-10-21(25)11-7-19/h1-11,18H,12-16H2. The molecule has 138 valence electrons. The minimum atomic E-state index is -0.224. The average Bonchev–Trinajstić information content (AvgIpc) is 2.70. The molecule has 0 saturated carbocycles. The normalized spacial score (nSPS) is 15.8. The van der Waals surface area contributed by atoms with E-state index >= 15 is 0 Å². The Morgan fingerprint density at radius 3 is 2.33 bits per heavy atom. The quantitative estimate of drug-likeness (QED) is 0.558. The highest BCUT2D eigenvalue weighted by Gasteiger charge is 2.21. The van der Waals surface area contributed by atoms with Crippen LogP contribution in [0.4, 0.5) is 4.39 Å². The summed E-state index contributed by atoms with van der Waals surface area (Å²) in [5.74, 6) is 0.385. The lowest BCUT2D eigenvalue weighted by molar-refractivity contribution is 0.202. The van der Waals surface area contributed by atoms with Gasteiger partial charge in [0.2, 0.25) is 0 Å². The number of nitrogens with zero attached hydrogens (tertiary/aromatic N) is 2. The van der Waals surface area contributed by atoms with Gasteiger partial charge in [0.05, 0.1) is 11.4 Å². The minimum absolute atomic E-state index is 0.224. The van der Waals surface area contributed by atoms with E-state index in [0.29, 0.717) is 5.92 Å². The zero-order valence-electron chi connectivity index (χ0n) is 15.1. The molecule has 3 aromatic rings. The van der Waals surface area contributed by atoms with Gasteiger partial charge in [0.25, 0.3) is 0 Å². The van der Waals surface area contributed by atoms with Gasteiger partial charge < -0.3 is 0 Å². The molecule has 27 heavy (non-hydrogen) atoms. The molecule has 1 saturated heterocycles. The second kappa shape index (κ2) is 8.20. The highest BCUT2D eigenvalue weighted by Crippen LogP contribution is 2.29. The average molecular weight is 381 g/mol. The number of aromatic nitrogens is 1. The molecule has 0 unspecified atom stereocenters. The highest BCUT2D eigenvalue weighted by atomic mass is 35.5. The lowest BCUT2D eigenvalue weighted by Gasteiger charge is -2.32. The van der Waals surface area contributed by atoms with Crippen molar-refractivity contribution in [1.82, 2.24) is 9.88 Å². The molecule has 0 bridgehead atoms. The molecule has 2 aromatic carbocycles. The van der Waals surface area contributed by atoms with Crippen LogP contribution in [0.25, 0.3) is 11.3 Å². The maximum absolute atomic E-state index is 13.1. The first-order valence-electron chi connectivity index (χ1n) is 9.37. The summed E-state index contributed by atoms with van der Waals surface area (Å²) in [6, 6.07) is 20.8. The van der Waals surface area contributed by atoms with Crippen LogP contribution >= 0.6 is 11.6 Å². The SMILES string of the molecule is Fc1ccc(-c2cccc(CN3CCC(c4ccc(Cl)cc4)CC3)n2)cc1. The van der Waals surface area contributed by atoms with Crippen molar-refractivity contribution in [1.29, 1.82) is 0 Å². The summed E-state index contributed by atoms with van der Waals surface area (Å²) >= 11 is 6.00. The van der Waals surface area contributed by atoms with Gasteiger partial charge in [-0.05, 0) is 85.9 Å². The van der Waals surface area contributed by atoms with E-state index in [1.807, 2.05) is 24.3 Å². The number of rotatable bonds is 4. The third kappa shape index (κ3) is 4.55. The van der Waals surface area contributed by atoms with E-state index in [1.54, 1.807) is 12.1 Å². The van der Waals surface area contributed by atoms with Crippen molar-refractivity contribution in [3.8, 4) is 11.3 Å². The van der Waals surface area contributed by atoms with Crippen molar-refractivity contribution in [3.63, 3.8) is 0 Å². The molecule has 2 nitrogen and oxygen atoms in total. The van der Waals surface area contributed by atoms with E-state index in [9.17, 15) is 4.39 Å². The van der Waals surface area contributed by atoms with E-state index in [2.05, 4.69) is 23.1 Å². The fourth-order valence-electron chi connectivity index (χ4n) is 3.74. The zero-order valence-corrected chi connectivity index (χ0v) is 15.9. The predicted octanol–water partition coefficient (Wildman–Crippen LogP) is 5.92. The summed E-state index contributed by atoms with van der Waals surface area (Å²) < 4.78 is 13.1. The molecular weight excluding hydrogens is 359 g/mol. The summed E-state index contributed by atoms with van der Waals surface area (Å²) in [4.78, 5) is 7.24. The van der Waals surface area contributed by atoms with Crippen molar-refractivity contribution in [2.75, 3.05) is 13.1 Å². The molecular formula is C23H22ClFN2. The smallest absolute Gasteiger partial charge is 0.123 e. The van der Waals surface area contributed by atoms with E-state index in [0.717, 1.165) is 54.4 Å². The molecule has 0 radical (unpaired) electrons. The van der Waals surface area contributed by atoms with Gasteiger partial charge >= 0.3 is 0 Å². The molecule has 1 aliphatic rings. The Labute approximate surface area is 164 Å². The Morgan fingerprint density at radius 2 is 1.63 bits per heavy atom. The van der Waals surface area contributed by atoms with Crippen molar-refractivity contribution < 1.29 is 4.39 Å². The number of hydrogen-bond acceptors (Lipinski definition) is 2. The Morgan fingerprint density at radius 1 is 0.926 bits per heavy atom. The van der Waals surface area contributed by atoms with Crippen LogP contribution in [0.1, 0.15) is 30.0 Å². The summed E-state index contributed by atoms with van der Waals surface area (Å²) in [6.45, 7) is 2.98. The van der Waals surface area contributed by atoms with Gasteiger partial charge in [-0.25, -0.2) is 4.39 Å². The second-order valence-electron chi connectivity index (χ2n) is 7.12. The Kier molecular flexibility index (Phi) is 5.51. The second-order valence-corrected chi connectivity index (χ2v) is 7.56. The van der Waals surface area contributed by atoms with Crippen molar-refractivity contribution in [3.05, 3.63) is 88.8 Å². The number of likely N-dealkylation sites (tertiary alicyclic amines) is 1. The van der Waals surface area contributed by atoms with Gasteiger partial charge in [0, 0.05) is 17.1 Å². The minimum Gasteiger partial charge on any atom is -0.297 e. The maximum atomic E-state index is 13.1. The van der Waals surface area contributed by atoms with Crippen molar-refractivity contribution in [2.45, 2.75) is 25.3 Å². The zero-order chi connectivity index (χ0) is 18.6. The van der Waals surface area contributed by atoms with Gasteiger partial charge in [-0.15, -0.1) is 0 Å². The number of benzene rings is 2. The molecule has 2 heterocycles. The molecule has 0 N–H and O–H groups in total. The third-order valence-corrected chi connectivity index (χ3v) is 5.51. The van der Waals surface area contributed by atoms with Gasteiger partial charge in [-0.3, -0.25) is 9.88 Å². The van der Waals surface area contributed by atoms with Gasteiger partial charge in [0.15, 0.2) is 0 Å². The van der Waals surface area contributed by atoms with Crippen LogP contribution in [0.2, 0.25) is 5.02 Å². The molecule has 4 heteroatoms. The topological polar surface area (TPSA) is 16.1 Å². The van der Waals surface area contributed by atoms with Crippen LogP contribution in [-0.4, -0.2) is 23.0 Å². The van der Waals surface area contributed by atoms with E-state index in [1.165, 1.54) is 17.7 Å². The number of pyridine rings is 1. The summed E-state index contributed by atoms with van der Waals surface area (Å²) in [6.07, 6.45) is 2.30. The van der Waals surface area contributed by atoms with E-state index in [-0.39, 0.29) is 5.82 Å². The third-order valence-electron chi connectivity index (χ3n) is 5.26. The Hall–Kier alpha value is -2.23. The first-order valence-corrected chi connectivity index (χ1v) is 9.75. The first-order chi connectivity index (χ1) is 13.2. The fourth-order valence-corrected chi connectivity index (χ4v) is 3.86. The molecule has 1 aromatic heterocycles. The van der Waals surface area contributed by atoms with E-state index in [4.69, 9.17) is 16.6 Å². The van der Waals surface area contributed by atoms with Crippen LogP contribution in [0.3, 0.4) is 0 Å². The van der Waals surface area contributed by atoms with Crippen LogP contribution < -0.4 is 0 Å². The number of hydrogen-bond donors (Lipinski definition) is 0. The predicted molar refractivity (Wildman–Crippen MR) is 108 cm³/mol. The van der Waals surface area contributed by atoms with Crippen LogP contribution in [0, 0.1) is 5.82 Å². The molecule has 4 rings (SSSR count). The maximum Gasteiger partial charge on any atom is 0.123 e. The van der Waals surface area contributed by atoms with Crippen molar-refractivity contribution >= 4 is 11.6 Å². The van der Waals surface area contributed by atoms with Crippen molar-refractivity contribution in [2.24, 2.45) is 0 Å². The molecule has 0 spiro atoms. The molecule has 1 aliphatic heterocycles. The summed E-state index contributed by atoms with van der Waals surface area (Å²) in [7, 11) is 0. The monoisotopic (exact) mass is 380 g/mol. The lowest BCUT2D eigenvalue weighted by Crippen LogP contribution is -2.32. The molecule has 0 atom stereocenters. The molecule has 0 aliphatic carbocycles. The molecule has 1 fully saturated rings. The fraction of sp³-hybridized carbons (Fsp3) is 0.261. The van der Waals surface area contributed by atoms with Crippen LogP contribution in [0.5, 0.6) is 0 Å². The first kappa shape index (κ1) is 18.1. The largest absolute Gasteiger partial charge is 0.297 e. The summed E-state index contributed by atoms with van der Waals surface area (Å²) in [5.41, 5.74) is 4.28. The highest BCUT2D eigenvalue weighted by molar-refractivity contribution is 6.30. The van der Waals surface area contributed by atoms with Crippen LogP contribution in [-0.2, 0) is 6.54 Å². The number of piperidine rings is 1. The van der Waals surface area contributed by atoms with E-state index < -0.39 is 0 Å². The molecule has 0 amide bonds. The summed E-state index contributed by atoms with van der Waals surface area (Å²) in [5, 5.41) is 0.795. The number of halogens is 2. The lowest BCUT2D eigenvalue weighted by atomic mass is 9.89. The van der Waals surface area contributed by atoms with Crippen LogP contribution in [0.15, 0.2) is 66.7 Å². The Balaban J connectivity index is 1.38. The van der Waals surface area contributed by atoms with Gasteiger partial charge in [-0.1, -0.05) is 29.8 Å². The van der Waals surface area contributed by atoms with Gasteiger partial charge in [0.1, 0.15) is 5.82 Å². The Bertz CT molecular complexity index is 885. The van der Waals surface area contributed by atoms with Gasteiger partial charge in [-0.2, -0.15) is 0 Å².